The molecule has 1 amide bonds. The molecule has 0 unspecified atom stereocenters. The number of nitrogens with zero attached hydrogens (tertiary/aromatic N) is 1. The fraction of sp³-hybridized carbons (Fsp3) is 0.0952. The minimum atomic E-state index is -0.280. The van der Waals surface area contributed by atoms with Crippen molar-refractivity contribution in [3.63, 3.8) is 0 Å². The van der Waals surface area contributed by atoms with Crippen molar-refractivity contribution in [3.8, 4) is 5.75 Å². The lowest BCUT2D eigenvalue weighted by atomic mass is 10.0. The second kappa shape index (κ2) is 8.07. The molecule has 26 heavy (non-hydrogen) atoms. The summed E-state index contributed by atoms with van der Waals surface area (Å²) < 4.78 is 5.45. The summed E-state index contributed by atoms with van der Waals surface area (Å²) in [6.07, 6.45) is 3.19. The van der Waals surface area contributed by atoms with Crippen LogP contribution in [-0.4, -0.2) is 23.3 Å². The molecule has 0 radical (unpaired) electrons. The Balaban J connectivity index is 1.56. The van der Waals surface area contributed by atoms with Crippen LogP contribution in [0.3, 0.4) is 0 Å². The van der Waals surface area contributed by atoms with E-state index in [2.05, 4.69) is 10.3 Å². The third-order valence-electron chi connectivity index (χ3n) is 3.75. The second-order valence-corrected chi connectivity index (χ2v) is 5.80. The molecule has 0 aliphatic rings. The lowest BCUT2D eigenvalue weighted by molar-refractivity contribution is -0.118. The van der Waals surface area contributed by atoms with Gasteiger partial charge in [0, 0.05) is 17.3 Å². The second-order valence-electron chi connectivity index (χ2n) is 5.80. The zero-order valence-corrected chi connectivity index (χ0v) is 14.3. The van der Waals surface area contributed by atoms with Gasteiger partial charge in [-0.2, -0.15) is 0 Å². The lowest BCUT2D eigenvalue weighted by Crippen LogP contribution is -2.20. The van der Waals surface area contributed by atoms with E-state index in [4.69, 9.17) is 4.74 Å². The molecular formula is C21H18N2O3. The van der Waals surface area contributed by atoms with Crippen LogP contribution in [-0.2, 0) is 4.79 Å². The highest BCUT2D eigenvalue weighted by Crippen LogP contribution is 2.16. The number of amides is 1. The van der Waals surface area contributed by atoms with Crippen LogP contribution in [0.1, 0.15) is 21.5 Å². The summed E-state index contributed by atoms with van der Waals surface area (Å²) in [7, 11) is 0. The smallest absolute Gasteiger partial charge is 0.262 e. The number of ether oxygens (including phenoxy) is 1. The van der Waals surface area contributed by atoms with Crippen LogP contribution in [0, 0.1) is 6.92 Å². The first-order valence-electron chi connectivity index (χ1n) is 8.16. The highest BCUT2D eigenvalue weighted by molar-refractivity contribution is 6.09. The minimum absolute atomic E-state index is 0.0501. The summed E-state index contributed by atoms with van der Waals surface area (Å²) in [5.74, 6) is 0.190. The van der Waals surface area contributed by atoms with Gasteiger partial charge >= 0.3 is 0 Å². The number of hydrogen-bond donors (Lipinski definition) is 1. The number of hydrogen-bond acceptors (Lipinski definition) is 4. The predicted octanol–water partition coefficient (Wildman–Crippen LogP) is 3.64. The van der Waals surface area contributed by atoms with E-state index in [1.807, 2.05) is 31.2 Å². The van der Waals surface area contributed by atoms with Gasteiger partial charge in [-0.1, -0.05) is 29.8 Å². The standard InChI is InChI=1S/C21H18N2O3/c1-15-4-6-16(7-5-15)21(25)17-8-10-19(11-9-17)26-14-20(24)23-18-3-2-12-22-13-18/h2-13H,14H2,1H3,(H,23,24). The molecule has 0 bridgehead atoms. The molecule has 0 aliphatic carbocycles. The zero-order chi connectivity index (χ0) is 18.4. The van der Waals surface area contributed by atoms with Crippen molar-refractivity contribution >= 4 is 17.4 Å². The fourth-order valence-electron chi connectivity index (χ4n) is 2.36. The molecule has 0 aliphatic heterocycles. The maximum atomic E-state index is 12.4. The van der Waals surface area contributed by atoms with Gasteiger partial charge in [0.1, 0.15) is 5.75 Å². The molecule has 0 saturated heterocycles. The fourth-order valence-corrected chi connectivity index (χ4v) is 2.36. The third kappa shape index (κ3) is 4.54. The van der Waals surface area contributed by atoms with Gasteiger partial charge in [0.25, 0.3) is 5.91 Å². The molecule has 3 aromatic rings. The quantitative estimate of drug-likeness (QED) is 0.692. The van der Waals surface area contributed by atoms with Crippen molar-refractivity contribution in [1.82, 2.24) is 4.98 Å². The average Bonchev–Trinajstić information content (AvgIpc) is 2.68. The Morgan fingerprint density at radius 2 is 1.62 bits per heavy atom. The van der Waals surface area contributed by atoms with Crippen molar-refractivity contribution in [2.45, 2.75) is 6.92 Å². The lowest BCUT2D eigenvalue weighted by Gasteiger charge is -2.08. The van der Waals surface area contributed by atoms with Crippen LogP contribution in [0.2, 0.25) is 0 Å². The van der Waals surface area contributed by atoms with Crippen LogP contribution < -0.4 is 10.1 Å². The van der Waals surface area contributed by atoms with Crippen LogP contribution >= 0.6 is 0 Å². The van der Waals surface area contributed by atoms with E-state index in [0.717, 1.165) is 5.56 Å². The van der Waals surface area contributed by atoms with Gasteiger partial charge in [-0.3, -0.25) is 14.6 Å². The Morgan fingerprint density at radius 1 is 0.962 bits per heavy atom. The van der Waals surface area contributed by atoms with Gasteiger partial charge in [0.2, 0.25) is 0 Å². The van der Waals surface area contributed by atoms with Crippen molar-refractivity contribution in [1.29, 1.82) is 0 Å². The Bertz CT molecular complexity index is 889. The monoisotopic (exact) mass is 346 g/mol. The molecule has 1 N–H and O–H groups in total. The van der Waals surface area contributed by atoms with E-state index in [0.29, 0.717) is 22.6 Å². The molecule has 0 atom stereocenters. The van der Waals surface area contributed by atoms with E-state index in [1.54, 1.807) is 48.8 Å². The summed E-state index contributed by atoms with van der Waals surface area (Å²) in [5.41, 5.74) is 2.93. The van der Waals surface area contributed by atoms with E-state index < -0.39 is 0 Å². The Kier molecular flexibility index (Phi) is 5.39. The average molecular weight is 346 g/mol. The molecular weight excluding hydrogens is 328 g/mol. The maximum Gasteiger partial charge on any atom is 0.262 e. The number of aromatic nitrogens is 1. The maximum absolute atomic E-state index is 12.4. The van der Waals surface area contributed by atoms with Crippen molar-refractivity contribution in [3.05, 3.63) is 89.7 Å². The number of aryl methyl sites for hydroxylation is 1. The summed E-state index contributed by atoms with van der Waals surface area (Å²) in [6.45, 7) is 1.85. The summed E-state index contributed by atoms with van der Waals surface area (Å²) in [5, 5.41) is 2.69. The number of carbonyl (C=O) groups excluding carboxylic acids is 2. The van der Waals surface area contributed by atoms with Crippen LogP contribution in [0.5, 0.6) is 5.75 Å². The number of anilines is 1. The van der Waals surface area contributed by atoms with Gasteiger partial charge in [-0.25, -0.2) is 0 Å². The molecule has 130 valence electrons. The predicted molar refractivity (Wildman–Crippen MR) is 99.4 cm³/mol. The van der Waals surface area contributed by atoms with Gasteiger partial charge in [0.15, 0.2) is 12.4 Å². The third-order valence-corrected chi connectivity index (χ3v) is 3.75. The molecule has 0 spiro atoms. The Hall–Kier alpha value is -3.47. The summed E-state index contributed by atoms with van der Waals surface area (Å²) >= 11 is 0. The highest BCUT2D eigenvalue weighted by atomic mass is 16.5. The summed E-state index contributed by atoms with van der Waals surface area (Å²) in [4.78, 5) is 28.2. The Morgan fingerprint density at radius 3 is 2.23 bits per heavy atom. The Labute approximate surface area is 151 Å². The van der Waals surface area contributed by atoms with E-state index in [9.17, 15) is 9.59 Å². The number of carbonyl (C=O) groups is 2. The van der Waals surface area contributed by atoms with Gasteiger partial charge in [-0.05, 0) is 43.3 Å². The number of benzene rings is 2. The number of nitrogens with one attached hydrogen (secondary N) is 1. The molecule has 2 aromatic carbocycles. The van der Waals surface area contributed by atoms with E-state index in [1.165, 1.54) is 0 Å². The van der Waals surface area contributed by atoms with Crippen molar-refractivity contribution < 1.29 is 14.3 Å². The SMILES string of the molecule is Cc1ccc(C(=O)c2ccc(OCC(=O)Nc3cccnc3)cc2)cc1. The summed E-state index contributed by atoms with van der Waals surface area (Å²) in [6, 6.07) is 17.7. The largest absolute Gasteiger partial charge is 0.484 e. The van der Waals surface area contributed by atoms with Crippen molar-refractivity contribution in [2.24, 2.45) is 0 Å². The van der Waals surface area contributed by atoms with E-state index >= 15 is 0 Å². The highest BCUT2D eigenvalue weighted by Gasteiger charge is 2.09. The molecule has 0 fully saturated rings. The molecule has 5 heteroatoms. The van der Waals surface area contributed by atoms with Crippen LogP contribution in [0.4, 0.5) is 5.69 Å². The molecule has 5 nitrogen and oxygen atoms in total. The van der Waals surface area contributed by atoms with Gasteiger partial charge in [-0.15, -0.1) is 0 Å². The molecule has 3 rings (SSSR count). The first-order chi connectivity index (χ1) is 12.6. The van der Waals surface area contributed by atoms with Crippen LogP contribution in [0.25, 0.3) is 0 Å². The van der Waals surface area contributed by atoms with Crippen molar-refractivity contribution in [2.75, 3.05) is 11.9 Å². The number of pyridine rings is 1. The van der Waals surface area contributed by atoms with Crippen LogP contribution in [0.15, 0.2) is 73.1 Å². The molecule has 1 heterocycles. The van der Waals surface area contributed by atoms with Gasteiger partial charge < -0.3 is 10.1 Å². The topological polar surface area (TPSA) is 68.3 Å². The zero-order valence-electron chi connectivity index (χ0n) is 14.3. The van der Waals surface area contributed by atoms with E-state index in [-0.39, 0.29) is 18.3 Å². The minimum Gasteiger partial charge on any atom is -0.484 e. The molecule has 0 saturated carbocycles. The van der Waals surface area contributed by atoms with Gasteiger partial charge in [0.05, 0.1) is 11.9 Å². The molecule has 1 aromatic heterocycles. The first kappa shape index (κ1) is 17.4. The number of ketones is 1. The normalized spacial score (nSPS) is 10.2. The first-order valence-corrected chi connectivity index (χ1v) is 8.16. The number of rotatable bonds is 6.